The van der Waals surface area contributed by atoms with E-state index in [0.29, 0.717) is 17.3 Å². The summed E-state index contributed by atoms with van der Waals surface area (Å²) in [6.45, 7) is 3.92. The molecule has 0 aliphatic heterocycles. The Kier molecular flexibility index (Phi) is 12.0. The number of hydrogen-bond acceptors (Lipinski definition) is 6. The van der Waals surface area contributed by atoms with Crippen LogP contribution in [-0.2, 0) is 35.3 Å². The van der Waals surface area contributed by atoms with Crippen molar-refractivity contribution in [2.45, 2.75) is 97.3 Å². The van der Waals surface area contributed by atoms with Crippen LogP contribution in [0.5, 0.6) is 0 Å². The molecule has 0 aliphatic rings. The van der Waals surface area contributed by atoms with Gasteiger partial charge in [0.05, 0.1) is 18.7 Å². The monoisotopic (exact) mass is 545 g/mol. The van der Waals surface area contributed by atoms with E-state index in [-0.39, 0.29) is 13.1 Å². The fourth-order valence-corrected chi connectivity index (χ4v) is 4.33. The number of carbonyl (C=O) groups excluding carboxylic acids is 1. The first-order valence-corrected chi connectivity index (χ1v) is 13.8. The van der Waals surface area contributed by atoms with Gasteiger partial charge < -0.3 is 9.36 Å². The van der Waals surface area contributed by atoms with E-state index in [1.807, 2.05) is 24.3 Å². The van der Waals surface area contributed by atoms with Crippen LogP contribution in [0.4, 0.5) is 13.2 Å². The molecule has 3 aromatic rings. The van der Waals surface area contributed by atoms with Gasteiger partial charge in [-0.3, -0.25) is 4.79 Å². The van der Waals surface area contributed by atoms with Gasteiger partial charge in [0.25, 0.3) is 5.89 Å². The van der Waals surface area contributed by atoms with Crippen LogP contribution < -0.4 is 0 Å². The lowest BCUT2D eigenvalue weighted by Crippen LogP contribution is -2.25. The molecule has 0 saturated carbocycles. The number of hydroxylamine groups is 2. The molecular formula is C30H38F3N3O3. The molecule has 0 atom stereocenters. The zero-order valence-corrected chi connectivity index (χ0v) is 22.8. The Morgan fingerprint density at radius 1 is 0.846 bits per heavy atom. The third kappa shape index (κ3) is 10.8. The van der Waals surface area contributed by atoms with Crippen molar-refractivity contribution in [1.29, 1.82) is 0 Å². The van der Waals surface area contributed by atoms with Crippen molar-refractivity contribution in [1.82, 2.24) is 15.2 Å². The maximum absolute atomic E-state index is 12.8. The molecule has 0 fully saturated rings. The Morgan fingerprint density at radius 2 is 1.38 bits per heavy atom. The van der Waals surface area contributed by atoms with E-state index < -0.39 is 17.7 Å². The number of alkyl halides is 3. The third-order valence-electron chi connectivity index (χ3n) is 6.43. The maximum atomic E-state index is 12.8. The van der Waals surface area contributed by atoms with Gasteiger partial charge in [0, 0.05) is 18.9 Å². The van der Waals surface area contributed by atoms with Crippen molar-refractivity contribution in [2.75, 3.05) is 0 Å². The van der Waals surface area contributed by atoms with Crippen molar-refractivity contribution in [3.8, 4) is 11.5 Å². The van der Waals surface area contributed by atoms with Gasteiger partial charge in [0.15, 0.2) is 5.82 Å². The lowest BCUT2D eigenvalue weighted by atomic mass is 10.1. The van der Waals surface area contributed by atoms with Crippen molar-refractivity contribution in [3.63, 3.8) is 0 Å². The van der Waals surface area contributed by atoms with E-state index in [2.05, 4.69) is 17.1 Å². The van der Waals surface area contributed by atoms with Gasteiger partial charge in [0.1, 0.15) is 0 Å². The number of benzene rings is 2. The average Bonchev–Trinajstić information content (AvgIpc) is 3.36. The Balaban J connectivity index is 1.49. The maximum Gasteiger partial charge on any atom is 0.416 e. The highest BCUT2D eigenvalue weighted by atomic mass is 19.4. The second-order valence-corrected chi connectivity index (χ2v) is 9.87. The van der Waals surface area contributed by atoms with E-state index in [0.717, 1.165) is 42.5 Å². The zero-order chi connectivity index (χ0) is 28.1. The van der Waals surface area contributed by atoms with Crippen molar-refractivity contribution < 1.29 is 27.3 Å². The molecule has 0 N–H and O–H groups in total. The van der Waals surface area contributed by atoms with Crippen molar-refractivity contribution in [3.05, 3.63) is 71.0 Å². The summed E-state index contributed by atoms with van der Waals surface area (Å²) < 4.78 is 44.0. The number of aryl methyl sites for hydroxylation is 1. The predicted octanol–water partition coefficient (Wildman–Crippen LogP) is 8.31. The van der Waals surface area contributed by atoms with Gasteiger partial charge in [-0.25, -0.2) is 0 Å². The first-order valence-electron chi connectivity index (χ1n) is 13.8. The minimum Gasteiger partial charge on any atom is -0.368 e. The van der Waals surface area contributed by atoms with Gasteiger partial charge in [-0.15, -0.1) is 5.06 Å². The standard InChI is InChI=1S/C30H38F3N3O3/c1-3-4-5-6-7-8-9-10-11-12-28-34-29(38-35-28)26-17-13-24(14-18-26)21-36(39-23(2)37)22-25-15-19-27(20-16-25)30(31,32)33/h13-20H,3-12,21-22H2,1-2H3. The Morgan fingerprint density at radius 3 is 1.92 bits per heavy atom. The van der Waals surface area contributed by atoms with Crippen LogP contribution in [0.1, 0.15) is 94.1 Å². The van der Waals surface area contributed by atoms with Crippen LogP contribution >= 0.6 is 0 Å². The highest BCUT2D eigenvalue weighted by Gasteiger charge is 2.30. The molecule has 39 heavy (non-hydrogen) atoms. The number of rotatable bonds is 16. The second kappa shape index (κ2) is 15.4. The zero-order valence-electron chi connectivity index (χ0n) is 22.8. The molecule has 1 heterocycles. The summed E-state index contributed by atoms with van der Waals surface area (Å²) in [4.78, 5) is 21.4. The molecule has 0 bridgehead atoms. The molecule has 0 aliphatic carbocycles. The number of unbranched alkanes of at least 4 members (excludes halogenated alkanes) is 8. The fraction of sp³-hybridized carbons (Fsp3) is 0.500. The van der Waals surface area contributed by atoms with Gasteiger partial charge in [-0.2, -0.15) is 18.2 Å². The smallest absolute Gasteiger partial charge is 0.368 e. The molecule has 6 nitrogen and oxygen atoms in total. The highest BCUT2D eigenvalue weighted by molar-refractivity contribution is 5.65. The van der Waals surface area contributed by atoms with E-state index in [1.54, 1.807) is 0 Å². The van der Waals surface area contributed by atoms with Crippen LogP contribution in [-0.4, -0.2) is 21.2 Å². The summed E-state index contributed by atoms with van der Waals surface area (Å²) in [5.41, 5.74) is 1.50. The quantitative estimate of drug-likeness (QED) is 0.133. The SMILES string of the molecule is CCCCCCCCCCCc1noc(-c2ccc(CN(Cc3ccc(C(F)(F)F)cc3)OC(C)=O)cc2)n1. The summed E-state index contributed by atoms with van der Waals surface area (Å²) in [5.74, 6) is 0.646. The van der Waals surface area contributed by atoms with E-state index in [9.17, 15) is 18.0 Å². The second-order valence-electron chi connectivity index (χ2n) is 9.87. The Labute approximate surface area is 228 Å². The van der Waals surface area contributed by atoms with E-state index >= 15 is 0 Å². The molecule has 2 aromatic carbocycles. The number of carbonyl (C=O) groups is 1. The largest absolute Gasteiger partial charge is 0.416 e. The van der Waals surface area contributed by atoms with Gasteiger partial charge in [-0.1, -0.05) is 87.7 Å². The average molecular weight is 546 g/mol. The molecule has 0 saturated heterocycles. The van der Waals surface area contributed by atoms with Gasteiger partial charge >= 0.3 is 12.1 Å². The Bertz CT molecular complexity index is 1130. The summed E-state index contributed by atoms with van der Waals surface area (Å²) >= 11 is 0. The number of hydrogen-bond donors (Lipinski definition) is 0. The molecule has 1 aromatic heterocycles. The topological polar surface area (TPSA) is 68.5 Å². The third-order valence-corrected chi connectivity index (χ3v) is 6.43. The lowest BCUT2D eigenvalue weighted by molar-refractivity contribution is -0.194. The number of aromatic nitrogens is 2. The fourth-order valence-electron chi connectivity index (χ4n) is 4.33. The van der Waals surface area contributed by atoms with Crippen LogP contribution in [0.25, 0.3) is 11.5 Å². The minimum absolute atomic E-state index is 0.144. The number of nitrogens with zero attached hydrogens (tertiary/aromatic N) is 3. The normalized spacial score (nSPS) is 11.7. The molecule has 9 heteroatoms. The van der Waals surface area contributed by atoms with Crippen LogP contribution in [0, 0.1) is 0 Å². The Hall–Kier alpha value is -3.20. The van der Waals surface area contributed by atoms with Gasteiger partial charge in [0.2, 0.25) is 0 Å². The van der Waals surface area contributed by atoms with Gasteiger partial charge in [-0.05, 0) is 41.8 Å². The minimum atomic E-state index is -4.40. The van der Waals surface area contributed by atoms with Crippen molar-refractivity contribution >= 4 is 5.97 Å². The first kappa shape index (κ1) is 30.3. The predicted molar refractivity (Wildman–Crippen MR) is 143 cm³/mol. The van der Waals surface area contributed by atoms with Crippen LogP contribution in [0.2, 0.25) is 0 Å². The highest BCUT2D eigenvalue weighted by Crippen LogP contribution is 2.29. The first-order chi connectivity index (χ1) is 18.7. The molecule has 212 valence electrons. The molecule has 3 rings (SSSR count). The molecule has 0 spiro atoms. The van der Waals surface area contributed by atoms with Crippen LogP contribution in [0.15, 0.2) is 53.1 Å². The summed E-state index contributed by atoms with van der Waals surface area (Å²) in [7, 11) is 0. The summed E-state index contributed by atoms with van der Waals surface area (Å²) in [5, 5.41) is 5.52. The lowest BCUT2D eigenvalue weighted by Gasteiger charge is -2.21. The number of halogens is 3. The van der Waals surface area contributed by atoms with Crippen LogP contribution in [0.3, 0.4) is 0 Å². The molecule has 0 unspecified atom stereocenters. The summed E-state index contributed by atoms with van der Waals surface area (Å²) in [6.07, 6.45) is 7.72. The molecular weight excluding hydrogens is 507 g/mol. The van der Waals surface area contributed by atoms with E-state index in [4.69, 9.17) is 9.36 Å². The molecule has 0 radical (unpaired) electrons. The molecule has 0 amide bonds. The van der Waals surface area contributed by atoms with Crippen molar-refractivity contribution in [2.24, 2.45) is 0 Å². The van der Waals surface area contributed by atoms with E-state index in [1.165, 1.54) is 69.1 Å². The summed E-state index contributed by atoms with van der Waals surface area (Å²) in [6, 6.07) is 12.2.